The van der Waals surface area contributed by atoms with Gasteiger partial charge < -0.3 is 4.90 Å². The van der Waals surface area contributed by atoms with Gasteiger partial charge in [0.25, 0.3) is 0 Å². The van der Waals surface area contributed by atoms with Crippen LogP contribution in [0.2, 0.25) is 0 Å². The SMILES string of the molecule is CCN(CC)C(=O)C12CC3CCC(CC(C3)C1)C2. The maximum absolute atomic E-state index is 12.9. The summed E-state index contributed by atoms with van der Waals surface area (Å²) in [5, 5.41) is 0. The predicted octanol–water partition coefficient (Wildman–Crippen LogP) is 3.46. The third-order valence-corrected chi connectivity index (χ3v) is 5.86. The molecule has 0 aromatic carbocycles. The fourth-order valence-electron chi connectivity index (χ4n) is 5.30. The van der Waals surface area contributed by atoms with Gasteiger partial charge >= 0.3 is 0 Å². The van der Waals surface area contributed by atoms with Crippen molar-refractivity contribution >= 4 is 5.91 Å². The number of hydrogen-bond donors (Lipinski definition) is 0. The molecule has 18 heavy (non-hydrogen) atoms. The van der Waals surface area contributed by atoms with Crippen LogP contribution in [0.3, 0.4) is 0 Å². The first-order valence-electron chi connectivity index (χ1n) is 7.96. The van der Waals surface area contributed by atoms with Gasteiger partial charge in [-0.2, -0.15) is 0 Å². The van der Waals surface area contributed by atoms with E-state index in [2.05, 4.69) is 18.7 Å². The second-order valence-electron chi connectivity index (χ2n) is 7.02. The van der Waals surface area contributed by atoms with Crippen molar-refractivity contribution in [3.63, 3.8) is 0 Å². The second-order valence-corrected chi connectivity index (χ2v) is 7.02. The Morgan fingerprint density at radius 1 is 1.00 bits per heavy atom. The lowest BCUT2D eigenvalue weighted by molar-refractivity contribution is -0.149. The Kier molecular flexibility index (Phi) is 3.15. The number of fused-ring (bicyclic) bond motifs is 1. The van der Waals surface area contributed by atoms with Crippen molar-refractivity contribution in [3.8, 4) is 0 Å². The summed E-state index contributed by atoms with van der Waals surface area (Å²) in [4.78, 5) is 15.0. The van der Waals surface area contributed by atoms with Gasteiger partial charge in [-0.25, -0.2) is 0 Å². The summed E-state index contributed by atoms with van der Waals surface area (Å²) in [6.07, 6.45) is 9.25. The summed E-state index contributed by atoms with van der Waals surface area (Å²) in [5.41, 5.74) is 0.0546. The van der Waals surface area contributed by atoms with Crippen molar-refractivity contribution in [2.24, 2.45) is 23.2 Å². The molecule has 4 bridgehead atoms. The average molecular weight is 249 g/mol. The van der Waals surface area contributed by atoms with Crippen LogP contribution in [0.25, 0.3) is 0 Å². The van der Waals surface area contributed by atoms with Crippen molar-refractivity contribution in [1.29, 1.82) is 0 Å². The molecule has 0 spiro atoms. The Labute approximate surface area is 111 Å². The maximum atomic E-state index is 12.9. The topological polar surface area (TPSA) is 20.3 Å². The van der Waals surface area contributed by atoms with E-state index >= 15 is 0 Å². The molecule has 0 N–H and O–H groups in total. The zero-order chi connectivity index (χ0) is 12.8. The minimum absolute atomic E-state index is 0.0546. The molecule has 4 aliphatic rings. The Hall–Kier alpha value is -0.530. The van der Waals surface area contributed by atoms with Crippen molar-refractivity contribution in [2.75, 3.05) is 13.1 Å². The summed E-state index contributed by atoms with van der Waals surface area (Å²) in [6, 6.07) is 0. The highest BCUT2D eigenvalue weighted by Crippen LogP contribution is 2.58. The highest BCUT2D eigenvalue weighted by atomic mass is 16.2. The van der Waals surface area contributed by atoms with Gasteiger partial charge in [0.2, 0.25) is 5.91 Å². The zero-order valence-electron chi connectivity index (χ0n) is 12.0. The summed E-state index contributed by atoms with van der Waals surface area (Å²) >= 11 is 0. The molecule has 4 aliphatic carbocycles. The quantitative estimate of drug-likeness (QED) is 0.750. The molecule has 4 saturated carbocycles. The molecule has 0 aliphatic heterocycles. The molecule has 2 heteroatoms. The first-order valence-corrected chi connectivity index (χ1v) is 7.96. The molecule has 4 fully saturated rings. The molecular weight excluding hydrogens is 222 g/mol. The molecule has 2 atom stereocenters. The summed E-state index contributed by atoms with van der Waals surface area (Å²) in [5.74, 6) is 3.07. The van der Waals surface area contributed by atoms with Crippen LogP contribution in [0.15, 0.2) is 0 Å². The molecule has 0 aromatic heterocycles. The van der Waals surface area contributed by atoms with E-state index in [-0.39, 0.29) is 5.41 Å². The van der Waals surface area contributed by atoms with Gasteiger partial charge in [-0.15, -0.1) is 0 Å². The van der Waals surface area contributed by atoms with Crippen molar-refractivity contribution in [3.05, 3.63) is 0 Å². The van der Waals surface area contributed by atoms with Crippen LogP contribution in [0, 0.1) is 23.2 Å². The van der Waals surface area contributed by atoms with E-state index in [1.807, 2.05) is 0 Å². The van der Waals surface area contributed by atoms with Crippen LogP contribution in [-0.4, -0.2) is 23.9 Å². The van der Waals surface area contributed by atoms with Gasteiger partial charge in [0.05, 0.1) is 5.41 Å². The normalized spacial score (nSPS) is 41.8. The average Bonchev–Trinajstić information content (AvgIpc) is 2.57. The number of rotatable bonds is 3. The van der Waals surface area contributed by atoms with Crippen molar-refractivity contribution in [2.45, 2.75) is 58.8 Å². The molecular formula is C16H27NO. The molecule has 102 valence electrons. The number of nitrogens with zero attached hydrogens (tertiary/aromatic N) is 1. The monoisotopic (exact) mass is 249 g/mol. The fraction of sp³-hybridized carbons (Fsp3) is 0.938. The molecule has 0 saturated heterocycles. The predicted molar refractivity (Wildman–Crippen MR) is 73.2 cm³/mol. The lowest BCUT2D eigenvalue weighted by Gasteiger charge is -2.48. The third kappa shape index (κ3) is 1.88. The third-order valence-electron chi connectivity index (χ3n) is 5.86. The Morgan fingerprint density at radius 2 is 1.50 bits per heavy atom. The molecule has 2 nitrogen and oxygen atoms in total. The highest BCUT2D eigenvalue weighted by molar-refractivity contribution is 5.83. The van der Waals surface area contributed by atoms with Gasteiger partial charge in [0.15, 0.2) is 0 Å². The fourth-order valence-corrected chi connectivity index (χ4v) is 5.30. The van der Waals surface area contributed by atoms with E-state index in [9.17, 15) is 4.79 Å². The molecule has 1 amide bonds. The Bertz CT molecular complexity index is 318. The van der Waals surface area contributed by atoms with Crippen LogP contribution in [-0.2, 0) is 4.79 Å². The highest BCUT2D eigenvalue weighted by Gasteiger charge is 2.53. The maximum Gasteiger partial charge on any atom is 0.228 e. The lowest BCUT2D eigenvalue weighted by Crippen LogP contribution is -2.50. The van der Waals surface area contributed by atoms with E-state index < -0.39 is 0 Å². The van der Waals surface area contributed by atoms with E-state index in [0.717, 1.165) is 30.8 Å². The second kappa shape index (κ2) is 4.54. The van der Waals surface area contributed by atoms with Crippen LogP contribution >= 0.6 is 0 Å². The molecule has 0 radical (unpaired) electrons. The molecule has 4 rings (SSSR count). The number of carbonyl (C=O) groups excluding carboxylic acids is 1. The van der Waals surface area contributed by atoms with Gasteiger partial charge in [-0.1, -0.05) is 12.8 Å². The smallest absolute Gasteiger partial charge is 0.228 e. The van der Waals surface area contributed by atoms with Crippen LogP contribution in [0.1, 0.15) is 58.8 Å². The van der Waals surface area contributed by atoms with Gasteiger partial charge in [-0.05, 0) is 63.7 Å². The Balaban J connectivity index is 1.87. The zero-order valence-corrected chi connectivity index (χ0v) is 12.0. The van der Waals surface area contributed by atoms with Gasteiger partial charge in [0, 0.05) is 13.1 Å². The first kappa shape index (κ1) is 12.5. The summed E-state index contributed by atoms with van der Waals surface area (Å²) < 4.78 is 0. The van der Waals surface area contributed by atoms with Crippen molar-refractivity contribution < 1.29 is 4.79 Å². The van der Waals surface area contributed by atoms with Gasteiger partial charge in [-0.3, -0.25) is 4.79 Å². The van der Waals surface area contributed by atoms with Crippen LogP contribution in [0.4, 0.5) is 0 Å². The van der Waals surface area contributed by atoms with E-state index in [4.69, 9.17) is 0 Å². The van der Waals surface area contributed by atoms with E-state index in [0.29, 0.717) is 5.91 Å². The number of amides is 1. The van der Waals surface area contributed by atoms with Crippen LogP contribution < -0.4 is 0 Å². The Morgan fingerprint density at radius 3 is 2.00 bits per heavy atom. The van der Waals surface area contributed by atoms with Crippen molar-refractivity contribution in [1.82, 2.24) is 4.90 Å². The summed E-state index contributed by atoms with van der Waals surface area (Å²) in [7, 11) is 0. The number of hydrogen-bond acceptors (Lipinski definition) is 1. The molecule has 2 unspecified atom stereocenters. The lowest BCUT2D eigenvalue weighted by atomic mass is 9.58. The largest absolute Gasteiger partial charge is 0.343 e. The number of carbonyl (C=O) groups is 1. The van der Waals surface area contributed by atoms with E-state index in [1.54, 1.807) is 0 Å². The molecule has 0 heterocycles. The standard InChI is InChI=1S/C16H27NO/c1-3-17(4-2)15(18)16-9-12-5-6-13(10-16)8-14(7-12)11-16/h12-14H,3-11H2,1-2H3. The minimum Gasteiger partial charge on any atom is -0.343 e. The van der Waals surface area contributed by atoms with E-state index in [1.165, 1.54) is 44.9 Å². The summed E-state index contributed by atoms with van der Waals surface area (Å²) in [6.45, 7) is 6.01. The minimum atomic E-state index is 0.0546. The van der Waals surface area contributed by atoms with Gasteiger partial charge in [0.1, 0.15) is 0 Å². The molecule has 0 aromatic rings. The first-order chi connectivity index (χ1) is 8.66. The van der Waals surface area contributed by atoms with Crippen LogP contribution in [0.5, 0.6) is 0 Å².